The molecule has 0 aromatic heterocycles. The van der Waals surface area contributed by atoms with E-state index in [1.165, 1.54) is 16.8 Å². The lowest BCUT2D eigenvalue weighted by Gasteiger charge is -2.29. The average molecular weight is 246 g/mol. The zero-order valence-corrected chi connectivity index (χ0v) is 12.8. The Balaban J connectivity index is 3.09. The Labute approximate surface area is 112 Å². The van der Waals surface area contributed by atoms with Gasteiger partial charge in [-0.2, -0.15) is 0 Å². The molecular formula is C16H26N2. The van der Waals surface area contributed by atoms with Crippen molar-refractivity contribution < 1.29 is 0 Å². The predicted octanol–water partition coefficient (Wildman–Crippen LogP) is 4.20. The molecule has 0 aliphatic heterocycles. The lowest BCUT2D eigenvalue weighted by Crippen LogP contribution is -2.31. The van der Waals surface area contributed by atoms with Gasteiger partial charge in [0.25, 0.3) is 0 Å². The van der Waals surface area contributed by atoms with Crippen LogP contribution in [-0.2, 0) is 0 Å². The fourth-order valence-electron chi connectivity index (χ4n) is 2.29. The summed E-state index contributed by atoms with van der Waals surface area (Å²) in [6.45, 7) is 11.1. The minimum absolute atomic E-state index is 0.250. The second kappa shape index (κ2) is 5.55. The average Bonchev–Trinajstić information content (AvgIpc) is 2.24. The summed E-state index contributed by atoms with van der Waals surface area (Å²) in [5.74, 6) is 1.14. The van der Waals surface area contributed by atoms with Crippen molar-refractivity contribution in [1.82, 2.24) is 0 Å². The van der Waals surface area contributed by atoms with Crippen LogP contribution in [0.25, 0.3) is 0 Å². The maximum absolute atomic E-state index is 4.47. The maximum Gasteiger partial charge on any atom is 0.103 e. The van der Waals surface area contributed by atoms with E-state index in [1.807, 2.05) is 7.05 Å². The Bertz CT molecular complexity index is 419. The molecule has 1 rings (SSSR count). The Morgan fingerprint density at radius 1 is 1.17 bits per heavy atom. The fourth-order valence-corrected chi connectivity index (χ4v) is 2.29. The Kier molecular flexibility index (Phi) is 4.55. The number of para-hydroxylation sites is 1. The van der Waals surface area contributed by atoms with Gasteiger partial charge in [-0.15, -0.1) is 0 Å². The van der Waals surface area contributed by atoms with E-state index >= 15 is 0 Å². The summed E-state index contributed by atoms with van der Waals surface area (Å²) in [7, 11) is 3.99. The topological polar surface area (TPSA) is 15.6 Å². The van der Waals surface area contributed by atoms with Gasteiger partial charge in [0.1, 0.15) is 5.84 Å². The molecule has 1 aromatic rings. The maximum atomic E-state index is 4.47. The van der Waals surface area contributed by atoms with Crippen LogP contribution in [0, 0.1) is 19.3 Å². The first kappa shape index (κ1) is 14.7. The van der Waals surface area contributed by atoms with Crippen molar-refractivity contribution in [1.29, 1.82) is 0 Å². The smallest absolute Gasteiger partial charge is 0.103 e. The molecule has 0 saturated carbocycles. The Morgan fingerprint density at radius 3 is 2.06 bits per heavy atom. The molecule has 0 saturated heterocycles. The number of aliphatic imine (C=N–C) groups is 1. The fraction of sp³-hybridized carbons (Fsp3) is 0.562. The van der Waals surface area contributed by atoms with Crippen molar-refractivity contribution in [2.75, 3.05) is 19.0 Å². The first-order valence-corrected chi connectivity index (χ1v) is 6.52. The molecule has 0 radical (unpaired) electrons. The predicted molar refractivity (Wildman–Crippen MR) is 81.8 cm³/mol. The highest BCUT2D eigenvalue weighted by Crippen LogP contribution is 2.27. The number of benzene rings is 1. The monoisotopic (exact) mass is 246 g/mol. The Morgan fingerprint density at radius 2 is 1.67 bits per heavy atom. The van der Waals surface area contributed by atoms with E-state index in [-0.39, 0.29) is 5.41 Å². The summed E-state index contributed by atoms with van der Waals surface area (Å²) in [5.41, 5.74) is 4.13. The highest BCUT2D eigenvalue weighted by Gasteiger charge is 2.19. The molecule has 0 aliphatic rings. The standard InChI is InChI=1S/C16H26N2/c1-12-9-8-10-13(2)15(12)18(7)14(17-6)11-16(3,4)5/h8-10H,11H2,1-7H3/b17-14-. The second-order valence-corrected chi connectivity index (χ2v) is 6.18. The van der Waals surface area contributed by atoms with Gasteiger partial charge in [0.15, 0.2) is 0 Å². The van der Waals surface area contributed by atoms with Gasteiger partial charge < -0.3 is 4.90 Å². The van der Waals surface area contributed by atoms with Gasteiger partial charge >= 0.3 is 0 Å². The van der Waals surface area contributed by atoms with Crippen LogP contribution in [0.4, 0.5) is 5.69 Å². The Hall–Kier alpha value is -1.31. The number of rotatable bonds is 2. The summed E-state index contributed by atoms with van der Waals surface area (Å²) < 4.78 is 0. The van der Waals surface area contributed by atoms with E-state index in [2.05, 4.69) is 69.8 Å². The summed E-state index contributed by atoms with van der Waals surface area (Å²) in [6, 6.07) is 6.42. The quantitative estimate of drug-likeness (QED) is 0.564. The molecule has 0 fully saturated rings. The third-order valence-electron chi connectivity index (χ3n) is 3.11. The molecular weight excluding hydrogens is 220 g/mol. The summed E-state index contributed by atoms with van der Waals surface area (Å²) in [4.78, 5) is 6.71. The largest absolute Gasteiger partial charge is 0.333 e. The van der Waals surface area contributed by atoms with Crippen molar-refractivity contribution in [2.24, 2.45) is 10.4 Å². The van der Waals surface area contributed by atoms with Crippen LogP contribution >= 0.6 is 0 Å². The molecule has 0 spiro atoms. The highest BCUT2D eigenvalue weighted by atomic mass is 15.2. The van der Waals surface area contributed by atoms with Gasteiger partial charge in [-0.25, -0.2) is 0 Å². The van der Waals surface area contributed by atoms with Crippen molar-refractivity contribution in [3.8, 4) is 0 Å². The molecule has 18 heavy (non-hydrogen) atoms. The summed E-state index contributed by atoms with van der Waals surface area (Å²) >= 11 is 0. The molecule has 2 heteroatoms. The number of aryl methyl sites for hydroxylation is 2. The van der Waals surface area contributed by atoms with Crippen LogP contribution in [0.5, 0.6) is 0 Å². The minimum Gasteiger partial charge on any atom is -0.333 e. The van der Waals surface area contributed by atoms with Gasteiger partial charge in [0.2, 0.25) is 0 Å². The van der Waals surface area contributed by atoms with Crippen LogP contribution in [0.3, 0.4) is 0 Å². The number of anilines is 1. The van der Waals surface area contributed by atoms with Crippen molar-refractivity contribution >= 4 is 11.5 Å². The van der Waals surface area contributed by atoms with E-state index in [0.29, 0.717) is 0 Å². The number of nitrogens with zero attached hydrogens (tertiary/aromatic N) is 2. The first-order chi connectivity index (χ1) is 8.26. The normalized spacial score (nSPS) is 12.7. The van der Waals surface area contributed by atoms with Crippen LogP contribution in [0.2, 0.25) is 0 Å². The first-order valence-electron chi connectivity index (χ1n) is 6.52. The number of amidine groups is 1. The van der Waals surface area contributed by atoms with Gasteiger partial charge in [0.05, 0.1) is 0 Å². The van der Waals surface area contributed by atoms with E-state index in [0.717, 1.165) is 12.3 Å². The molecule has 0 aliphatic carbocycles. The molecule has 0 atom stereocenters. The van der Waals surface area contributed by atoms with Crippen molar-refractivity contribution in [3.63, 3.8) is 0 Å². The third kappa shape index (κ3) is 3.59. The van der Waals surface area contributed by atoms with E-state index in [1.54, 1.807) is 0 Å². The van der Waals surface area contributed by atoms with Crippen LogP contribution in [0.15, 0.2) is 23.2 Å². The summed E-state index contributed by atoms with van der Waals surface area (Å²) in [5, 5.41) is 0. The molecule has 100 valence electrons. The number of hydrogen-bond donors (Lipinski definition) is 0. The molecule has 0 N–H and O–H groups in total. The molecule has 0 bridgehead atoms. The molecule has 0 unspecified atom stereocenters. The molecule has 0 amide bonds. The van der Waals surface area contributed by atoms with Gasteiger partial charge in [-0.05, 0) is 30.4 Å². The molecule has 0 heterocycles. The lowest BCUT2D eigenvalue weighted by molar-refractivity contribution is 0.431. The minimum atomic E-state index is 0.250. The molecule has 2 nitrogen and oxygen atoms in total. The van der Waals surface area contributed by atoms with Crippen molar-refractivity contribution in [3.05, 3.63) is 29.3 Å². The highest BCUT2D eigenvalue weighted by molar-refractivity contribution is 5.98. The van der Waals surface area contributed by atoms with Gasteiger partial charge in [0, 0.05) is 26.2 Å². The van der Waals surface area contributed by atoms with Crippen LogP contribution in [0.1, 0.15) is 38.3 Å². The second-order valence-electron chi connectivity index (χ2n) is 6.18. The van der Waals surface area contributed by atoms with E-state index < -0.39 is 0 Å². The van der Waals surface area contributed by atoms with E-state index in [4.69, 9.17) is 0 Å². The third-order valence-corrected chi connectivity index (χ3v) is 3.11. The number of hydrogen-bond acceptors (Lipinski definition) is 1. The van der Waals surface area contributed by atoms with E-state index in [9.17, 15) is 0 Å². The lowest BCUT2D eigenvalue weighted by atomic mass is 9.91. The SMILES string of the molecule is C/N=C(/CC(C)(C)C)N(C)c1c(C)cccc1C. The zero-order chi connectivity index (χ0) is 13.9. The van der Waals surface area contributed by atoms with Crippen molar-refractivity contribution in [2.45, 2.75) is 41.0 Å². The molecule has 1 aromatic carbocycles. The summed E-state index contributed by atoms with van der Waals surface area (Å²) in [6.07, 6.45) is 0.980. The zero-order valence-electron chi connectivity index (χ0n) is 12.8. The van der Waals surface area contributed by atoms with Gasteiger partial charge in [-0.3, -0.25) is 4.99 Å². The van der Waals surface area contributed by atoms with Gasteiger partial charge in [-0.1, -0.05) is 39.0 Å². The van der Waals surface area contributed by atoms with Crippen LogP contribution in [-0.4, -0.2) is 19.9 Å². The van der Waals surface area contributed by atoms with Crippen LogP contribution < -0.4 is 4.90 Å².